The summed E-state index contributed by atoms with van der Waals surface area (Å²) >= 11 is 0. The molecule has 0 bridgehead atoms. The Morgan fingerprint density at radius 3 is 2.80 bits per heavy atom. The van der Waals surface area contributed by atoms with Gasteiger partial charge in [-0.2, -0.15) is 5.10 Å². The van der Waals surface area contributed by atoms with Crippen molar-refractivity contribution in [1.29, 1.82) is 0 Å². The summed E-state index contributed by atoms with van der Waals surface area (Å²) in [4.78, 5) is 3.90. The first-order valence-corrected chi connectivity index (χ1v) is 4.21. The molecule has 1 heterocycles. The summed E-state index contributed by atoms with van der Waals surface area (Å²) in [5.74, 6) is -0.573. The first kappa shape index (κ1) is 9.60. The van der Waals surface area contributed by atoms with Gasteiger partial charge in [-0.25, -0.2) is 9.37 Å². The summed E-state index contributed by atoms with van der Waals surface area (Å²) in [6, 6.07) is 3.84. The lowest BCUT2D eigenvalue weighted by Crippen LogP contribution is -1.85. The lowest BCUT2D eigenvalue weighted by Gasteiger charge is -1.97. The second kappa shape index (κ2) is 3.66. The first-order valence-electron chi connectivity index (χ1n) is 4.21. The Bertz CT molecular complexity index is 484. The third-order valence-corrected chi connectivity index (χ3v) is 1.89. The average molecular weight is 209 g/mol. The van der Waals surface area contributed by atoms with Gasteiger partial charge < -0.3 is 10.2 Å². The number of aliphatic hydroxyl groups is 1. The molecule has 15 heavy (non-hydrogen) atoms. The maximum absolute atomic E-state index is 13.0. The fourth-order valence-corrected chi connectivity index (χ4v) is 1.14. The Kier molecular flexibility index (Phi) is 2.34. The summed E-state index contributed by atoms with van der Waals surface area (Å²) in [5, 5.41) is 24.0. The first-order chi connectivity index (χ1) is 7.20. The van der Waals surface area contributed by atoms with Crippen molar-refractivity contribution >= 4 is 0 Å². The molecular weight excluding hydrogens is 201 g/mol. The molecule has 6 heteroatoms. The predicted octanol–water partition coefficient (Wildman–Crippen LogP) is 0.809. The van der Waals surface area contributed by atoms with Gasteiger partial charge in [0.2, 0.25) is 0 Å². The van der Waals surface area contributed by atoms with Gasteiger partial charge >= 0.3 is 0 Å². The van der Waals surface area contributed by atoms with Crippen molar-refractivity contribution < 1.29 is 14.6 Å². The Labute approximate surface area is 84.2 Å². The zero-order chi connectivity index (χ0) is 10.8. The summed E-state index contributed by atoms with van der Waals surface area (Å²) in [5.41, 5.74) is 0.432. The Morgan fingerprint density at radius 2 is 2.20 bits per heavy atom. The summed E-state index contributed by atoms with van der Waals surface area (Å²) in [7, 11) is 0. The third kappa shape index (κ3) is 1.79. The van der Waals surface area contributed by atoms with Gasteiger partial charge in [-0.05, 0) is 18.2 Å². The van der Waals surface area contributed by atoms with Crippen LogP contribution in [0.3, 0.4) is 0 Å². The third-order valence-electron chi connectivity index (χ3n) is 1.89. The summed E-state index contributed by atoms with van der Waals surface area (Å²) in [6.45, 7) is -0.256. The number of benzene rings is 1. The number of rotatable bonds is 2. The number of nitrogens with zero attached hydrogens (tertiary/aromatic N) is 2. The van der Waals surface area contributed by atoms with Crippen LogP contribution in [-0.4, -0.2) is 25.4 Å². The van der Waals surface area contributed by atoms with Gasteiger partial charge in [-0.15, -0.1) is 0 Å². The smallest absolute Gasteiger partial charge is 0.181 e. The van der Waals surface area contributed by atoms with Crippen LogP contribution in [0.15, 0.2) is 18.2 Å². The number of hydrogen-bond acceptors (Lipinski definition) is 4. The van der Waals surface area contributed by atoms with Crippen molar-refractivity contribution in [2.45, 2.75) is 6.61 Å². The van der Waals surface area contributed by atoms with E-state index >= 15 is 0 Å². The summed E-state index contributed by atoms with van der Waals surface area (Å²) in [6.07, 6.45) is 0. The molecule has 5 nitrogen and oxygen atoms in total. The van der Waals surface area contributed by atoms with Crippen LogP contribution in [0.2, 0.25) is 0 Å². The SMILES string of the molecule is OCc1nc(-c2ccc(O)c(F)c2)n[nH]1. The van der Waals surface area contributed by atoms with E-state index in [0.717, 1.165) is 6.07 Å². The van der Waals surface area contributed by atoms with Crippen molar-refractivity contribution in [1.82, 2.24) is 15.2 Å². The van der Waals surface area contributed by atoms with Crippen LogP contribution < -0.4 is 0 Å². The standard InChI is InChI=1S/C9H8FN3O2/c10-6-3-5(1-2-7(6)15)9-11-8(4-14)12-13-9/h1-3,14-15H,4H2,(H,11,12,13). The number of nitrogens with one attached hydrogen (secondary N) is 1. The highest BCUT2D eigenvalue weighted by atomic mass is 19.1. The molecule has 78 valence electrons. The van der Waals surface area contributed by atoms with Gasteiger partial charge in [0.05, 0.1) is 0 Å². The molecule has 2 aromatic rings. The Balaban J connectivity index is 2.40. The van der Waals surface area contributed by atoms with Crippen molar-refractivity contribution in [3.8, 4) is 17.1 Å². The molecule has 0 fully saturated rings. The Hall–Kier alpha value is -1.95. The fourth-order valence-electron chi connectivity index (χ4n) is 1.14. The lowest BCUT2D eigenvalue weighted by atomic mass is 10.2. The van der Waals surface area contributed by atoms with Gasteiger partial charge in [0.1, 0.15) is 6.61 Å². The van der Waals surface area contributed by atoms with E-state index in [4.69, 9.17) is 10.2 Å². The normalized spacial score (nSPS) is 10.5. The fraction of sp³-hybridized carbons (Fsp3) is 0.111. The van der Waals surface area contributed by atoms with E-state index < -0.39 is 11.6 Å². The molecule has 0 spiro atoms. The van der Waals surface area contributed by atoms with Crippen LogP contribution in [0, 0.1) is 5.82 Å². The zero-order valence-electron chi connectivity index (χ0n) is 7.61. The maximum Gasteiger partial charge on any atom is 0.181 e. The molecule has 1 aromatic carbocycles. The van der Waals surface area contributed by atoms with Crippen molar-refractivity contribution in [2.24, 2.45) is 0 Å². The van der Waals surface area contributed by atoms with Crippen molar-refractivity contribution in [2.75, 3.05) is 0 Å². The van der Waals surface area contributed by atoms with Crippen LogP contribution in [0.4, 0.5) is 4.39 Å². The van der Waals surface area contributed by atoms with E-state index in [1.165, 1.54) is 12.1 Å². The van der Waals surface area contributed by atoms with Gasteiger partial charge in [0.15, 0.2) is 23.2 Å². The van der Waals surface area contributed by atoms with Crippen LogP contribution in [0.25, 0.3) is 11.4 Å². The molecule has 0 aliphatic rings. The molecule has 0 unspecified atom stereocenters. The number of aromatic hydroxyl groups is 1. The van der Waals surface area contributed by atoms with Gasteiger partial charge in [0, 0.05) is 5.56 Å². The number of aliphatic hydroxyl groups excluding tert-OH is 1. The highest BCUT2D eigenvalue weighted by Gasteiger charge is 2.08. The number of halogens is 1. The largest absolute Gasteiger partial charge is 0.505 e. The molecule has 0 aliphatic heterocycles. The predicted molar refractivity (Wildman–Crippen MR) is 49.4 cm³/mol. The number of aromatic amines is 1. The highest BCUT2D eigenvalue weighted by molar-refractivity contribution is 5.56. The topological polar surface area (TPSA) is 82.0 Å². The van der Waals surface area contributed by atoms with E-state index in [0.29, 0.717) is 11.4 Å². The van der Waals surface area contributed by atoms with Gasteiger partial charge in [-0.3, -0.25) is 5.10 Å². The van der Waals surface area contributed by atoms with Crippen LogP contribution in [0.5, 0.6) is 5.75 Å². The number of phenolic OH excluding ortho intramolecular Hbond substituents is 1. The summed E-state index contributed by atoms with van der Waals surface area (Å²) < 4.78 is 13.0. The monoisotopic (exact) mass is 209 g/mol. The van der Waals surface area contributed by atoms with Gasteiger partial charge in [-0.1, -0.05) is 0 Å². The molecule has 0 radical (unpaired) electrons. The van der Waals surface area contributed by atoms with Crippen LogP contribution in [-0.2, 0) is 6.61 Å². The molecular formula is C9H8FN3O2. The number of aromatic nitrogens is 3. The number of H-pyrrole nitrogens is 1. The quantitative estimate of drug-likeness (QED) is 0.683. The minimum absolute atomic E-state index is 0.256. The molecule has 0 saturated carbocycles. The van der Waals surface area contributed by atoms with E-state index in [9.17, 15) is 4.39 Å². The molecule has 1 aromatic heterocycles. The zero-order valence-corrected chi connectivity index (χ0v) is 7.61. The van der Waals surface area contributed by atoms with Gasteiger partial charge in [0.25, 0.3) is 0 Å². The van der Waals surface area contributed by atoms with Crippen molar-refractivity contribution in [3.05, 3.63) is 29.8 Å². The molecule has 0 aliphatic carbocycles. The van der Waals surface area contributed by atoms with Crippen LogP contribution >= 0.6 is 0 Å². The average Bonchev–Trinajstić information content (AvgIpc) is 2.70. The lowest BCUT2D eigenvalue weighted by molar-refractivity contribution is 0.272. The second-order valence-electron chi connectivity index (χ2n) is 2.93. The van der Waals surface area contributed by atoms with E-state index in [1.807, 2.05) is 0 Å². The molecule has 0 saturated heterocycles. The van der Waals surface area contributed by atoms with E-state index in [1.54, 1.807) is 0 Å². The molecule has 3 N–H and O–H groups in total. The second-order valence-corrected chi connectivity index (χ2v) is 2.93. The minimum atomic E-state index is -0.733. The van der Waals surface area contributed by atoms with Crippen LogP contribution in [0.1, 0.15) is 5.82 Å². The molecule has 0 atom stereocenters. The number of phenols is 1. The highest BCUT2D eigenvalue weighted by Crippen LogP contribution is 2.21. The minimum Gasteiger partial charge on any atom is -0.505 e. The molecule has 2 rings (SSSR count). The van der Waals surface area contributed by atoms with E-state index in [-0.39, 0.29) is 12.4 Å². The van der Waals surface area contributed by atoms with E-state index in [2.05, 4.69) is 15.2 Å². The maximum atomic E-state index is 13.0. The number of hydrogen-bond donors (Lipinski definition) is 3. The van der Waals surface area contributed by atoms with Crippen molar-refractivity contribution in [3.63, 3.8) is 0 Å². The molecule has 0 amide bonds. The Morgan fingerprint density at radius 1 is 1.40 bits per heavy atom.